The highest BCUT2D eigenvalue weighted by Crippen LogP contribution is 2.21. The molecule has 7 heteroatoms. The number of urea groups is 1. The number of imidazole rings is 1. The highest BCUT2D eigenvalue weighted by atomic mass is 16.3. The highest BCUT2D eigenvalue weighted by molar-refractivity contribution is 5.89. The Hall–Kier alpha value is -2.90. The average molecular weight is 379 g/mol. The van der Waals surface area contributed by atoms with Crippen molar-refractivity contribution in [1.82, 2.24) is 19.4 Å². The number of piperidine rings is 1. The number of anilines is 1. The topological polar surface area (TPSA) is 73.6 Å². The first-order valence-electron chi connectivity index (χ1n) is 9.46. The van der Waals surface area contributed by atoms with Crippen molar-refractivity contribution in [3.8, 4) is 5.69 Å². The van der Waals surface area contributed by atoms with Crippen LogP contribution in [0.2, 0.25) is 0 Å². The molecule has 0 spiro atoms. The summed E-state index contributed by atoms with van der Waals surface area (Å²) in [6.45, 7) is 0.971. The average Bonchev–Trinajstić information content (AvgIpc) is 3.12. The third kappa shape index (κ3) is 3.58. The number of hydrogen-bond donors (Lipinski definition) is 2. The maximum absolute atomic E-state index is 12.6. The number of hydrogen-bond acceptors (Lipinski definition) is 4. The minimum atomic E-state index is -0.536. The van der Waals surface area contributed by atoms with Crippen LogP contribution >= 0.6 is 0 Å². The number of carbonyl (C=O) groups is 1. The molecule has 1 aliphatic rings. The van der Waals surface area contributed by atoms with Gasteiger partial charge in [-0.05, 0) is 56.9 Å². The summed E-state index contributed by atoms with van der Waals surface area (Å²) in [5.41, 5.74) is 3.69. The number of aromatic nitrogens is 2. The number of para-hydroxylation sites is 2. The molecule has 1 aromatic heterocycles. The zero-order valence-corrected chi connectivity index (χ0v) is 16.1. The van der Waals surface area contributed by atoms with Gasteiger partial charge >= 0.3 is 6.03 Å². The zero-order chi connectivity index (χ0) is 19.7. The Morgan fingerprint density at radius 2 is 1.93 bits per heavy atom. The molecule has 2 amide bonds. The second-order valence-corrected chi connectivity index (χ2v) is 7.41. The van der Waals surface area contributed by atoms with E-state index in [2.05, 4.69) is 10.3 Å². The van der Waals surface area contributed by atoms with Gasteiger partial charge in [-0.3, -0.25) is 4.57 Å². The zero-order valence-electron chi connectivity index (χ0n) is 16.1. The van der Waals surface area contributed by atoms with Crippen LogP contribution in [0.25, 0.3) is 16.7 Å². The maximum Gasteiger partial charge on any atom is 0.321 e. The van der Waals surface area contributed by atoms with Gasteiger partial charge in [0.2, 0.25) is 0 Å². The van der Waals surface area contributed by atoms with Gasteiger partial charge in [0, 0.05) is 30.5 Å². The van der Waals surface area contributed by atoms with Gasteiger partial charge in [-0.1, -0.05) is 12.1 Å². The van der Waals surface area contributed by atoms with Crippen LogP contribution in [0, 0.1) is 0 Å². The van der Waals surface area contributed by atoms with Crippen molar-refractivity contribution in [2.45, 2.75) is 18.6 Å². The lowest BCUT2D eigenvalue weighted by atomic mass is 10.0. The van der Waals surface area contributed by atoms with Crippen molar-refractivity contribution in [3.05, 3.63) is 54.9 Å². The molecule has 1 aliphatic heterocycles. The second-order valence-electron chi connectivity index (χ2n) is 7.41. The minimum Gasteiger partial charge on any atom is -0.390 e. The number of rotatable bonds is 3. The van der Waals surface area contributed by atoms with E-state index in [4.69, 9.17) is 0 Å². The monoisotopic (exact) mass is 379 g/mol. The first-order valence-corrected chi connectivity index (χ1v) is 9.46. The quantitative estimate of drug-likeness (QED) is 0.734. The van der Waals surface area contributed by atoms with Gasteiger partial charge in [-0.25, -0.2) is 9.78 Å². The Balaban J connectivity index is 1.43. The van der Waals surface area contributed by atoms with E-state index in [1.807, 2.05) is 72.1 Å². The second kappa shape index (κ2) is 7.61. The number of β-amino-alcohol motifs (C(OH)–C–C–N with tert-alkyl or cyclic N) is 1. The number of carbonyl (C=O) groups excluding carboxylic acids is 1. The van der Waals surface area contributed by atoms with E-state index in [0.29, 0.717) is 13.1 Å². The van der Waals surface area contributed by atoms with Crippen molar-refractivity contribution in [2.75, 3.05) is 32.5 Å². The Morgan fingerprint density at radius 1 is 1.18 bits per heavy atom. The molecule has 0 saturated carbocycles. The first-order chi connectivity index (χ1) is 13.5. The molecule has 0 aliphatic carbocycles. The number of nitrogens with zero attached hydrogens (tertiary/aromatic N) is 4. The van der Waals surface area contributed by atoms with Gasteiger partial charge in [-0.15, -0.1) is 0 Å². The molecular formula is C21H25N5O2. The van der Waals surface area contributed by atoms with Crippen molar-refractivity contribution < 1.29 is 9.90 Å². The molecule has 0 unspecified atom stereocenters. The largest absolute Gasteiger partial charge is 0.390 e. The van der Waals surface area contributed by atoms with Gasteiger partial charge in [0.05, 0.1) is 17.1 Å². The third-order valence-corrected chi connectivity index (χ3v) is 5.35. The van der Waals surface area contributed by atoms with Crippen LogP contribution < -0.4 is 5.32 Å². The fraction of sp³-hybridized carbons (Fsp3) is 0.333. The molecule has 2 aromatic carbocycles. The van der Waals surface area contributed by atoms with E-state index < -0.39 is 6.10 Å². The first kappa shape index (κ1) is 18.5. The smallest absolute Gasteiger partial charge is 0.321 e. The van der Waals surface area contributed by atoms with Crippen molar-refractivity contribution >= 4 is 22.8 Å². The number of benzene rings is 2. The normalized spacial score (nSPS) is 19.9. The van der Waals surface area contributed by atoms with E-state index in [1.165, 1.54) is 0 Å². The summed E-state index contributed by atoms with van der Waals surface area (Å²) >= 11 is 0. The van der Waals surface area contributed by atoms with E-state index in [-0.39, 0.29) is 12.1 Å². The third-order valence-electron chi connectivity index (χ3n) is 5.35. The van der Waals surface area contributed by atoms with Crippen LogP contribution in [-0.2, 0) is 0 Å². The van der Waals surface area contributed by atoms with Crippen LogP contribution in [0.15, 0.2) is 54.9 Å². The van der Waals surface area contributed by atoms with E-state index in [1.54, 1.807) is 11.2 Å². The van der Waals surface area contributed by atoms with Crippen molar-refractivity contribution in [1.29, 1.82) is 0 Å². The molecule has 7 nitrogen and oxygen atoms in total. The molecule has 2 atom stereocenters. The molecule has 0 radical (unpaired) electrons. The van der Waals surface area contributed by atoms with Gasteiger partial charge in [0.1, 0.15) is 6.33 Å². The lowest BCUT2D eigenvalue weighted by Crippen LogP contribution is -2.54. The molecule has 2 heterocycles. The van der Waals surface area contributed by atoms with Crippen LogP contribution in [0.5, 0.6) is 0 Å². The fourth-order valence-electron chi connectivity index (χ4n) is 3.78. The minimum absolute atomic E-state index is 0.0911. The molecule has 0 bridgehead atoms. The molecule has 3 aromatic rings. The Labute approximate surface area is 164 Å². The van der Waals surface area contributed by atoms with E-state index in [9.17, 15) is 9.90 Å². The molecule has 146 valence electrons. The number of aliphatic hydroxyl groups excluding tert-OH is 1. The lowest BCUT2D eigenvalue weighted by molar-refractivity contribution is 0.0188. The Bertz CT molecular complexity index is 966. The SMILES string of the molecule is CN(C)[C@@H]1CCN(C(=O)Nc2ccc(-n3cnc4ccccc43)cc2)C[C@H]1O. The van der Waals surface area contributed by atoms with Gasteiger partial charge in [0.25, 0.3) is 0 Å². The molecule has 28 heavy (non-hydrogen) atoms. The summed E-state index contributed by atoms with van der Waals surface area (Å²) in [6, 6.07) is 15.5. The van der Waals surface area contributed by atoms with Crippen molar-refractivity contribution in [3.63, 3.8) is 0 Å². The van der Waals surface area contributed by atoms with Gasteiger partial charge in [0.15, 0.2) is 0 Å². The lowest BCUT2D eigenvalue weighted by Gasteiger charge is -2.38. The summed E-state index contributed by atoms with van der Waals surface area (Å²) in [5.74, 6) is 0. The van der Waals surface area contributed by atoms with Crippen LogP contribution in [-0.4, -0.2) is 69.8 Å². The summed E-state index contributed by atoms with van der Waals surface area (Å²) in [7, 11) is 3.91. The fourth-order valence-corrected chi connectivity index (χ4v) is 3.78. The number of likely N-dealkylation sites (tertiary alicyclic amines) is 1. The molecule has 2 N–H and O–H groups in total. The molecule has 1 saturated heterocycles. The van der Waals surface area contributed by atoms with E-state index >= 15 is 0 Å². The van der Waals surface area contributed by atoms with Crippen molar-refractivity contribution in [2.24, 2.45) is 0 Å². The summed E-state index contributed by atoms with van der Waals surface area (Å²) in [6.07, 6.45) is 2.02. The number of likely N-dealkylation sites (N-methyl/N-ethyl adjacent to an activating group) is 1. The van der Waals surface area contributed by atoms with Crippen LogP contribution in [0.1, 0.15) is 6.42 Å². The van der Waals surface area contributed by atoms with Crippen LogP contribution in [0.3, 0.4) is 0 Å². The molecule has 1 fully saturated rings. The number of amides is 2. The highest BCUT2D eigenvalue weighted by Gasteiger charge is 2.31. The number of fused-ring (bicyclic) bond motifs is 1. The van der Waals surface area contributed by atoms with Crippen LogP contribution in [0.4, 0.5) is 10.5 Å². The van der Waals surface area contributed by atoms with Gasteiger partial charge < -0.3 is 20.2 Å². The predicted octanol–water partition coefficient (Wildman–Crippen LogP) is 2.55. The Morgan fingerprint density at radius 3 is 2.64 bits per heavy atom. The standard InChI is InChI=1S/C21H25N5O2/c1-24(2)19-11-12-25(13-20(19)27)21(28)23-15-7-9-16(10-8-15)26-14-22-17-5-3-4-6-18(17)26/h3-10,14,19-20,27H,11-13H2,1-2H3,(H,23,28)/t19-,20-/m1/s1. The van der Waals surface area contributed by atoms with Gasteiger partial charge in [-0.2, -0.15) is 0 Å². The molecule has 4 rings (SSSR count). The predicted molar refractivity (Wildman–Crippen MR) is 110 cm³/mol. The summed E-state index contributed by atoms with van der Waals surface area (Å²) in [4.78, 5) is 20.6. The molecular weight excluding hydrogens is 354 g/mol. The maximum atomic E-state index is 12.6. The summed E-state index contributed by atoms with van der Waals surface area (Å²) < 4.78 is 2.02. The number of aliphatic hydroxyl groups is 1. The number of nitrogens with one attached hydrogen (secondary N) is 1. The van der Waals surface area contributed by atoms with E-state index in [0.717, 1.165) is 28.8 Å². The summed E-state index contributed by atoms with van der Waals surface area (Å²) in [5, 5.41) is 13.2. The Kier molecular flexibility index (Phi) is 5.02.